The van der Waals surface area contributed by atoms with Crippen LogP contribution in [0.15, 0.2) is 36.4 Å². The van der Waals surface area contributed by atoms with Crippen LogP contribution < -0.4 is 4.74 Å². The third-order valence-electron chi connectivity index (χ3n) is 2.83. The number of methoxy groups -OCH3 is 1. The van der Waals surface area contributed by atoms with Crippen molar-refractivity contribution in [2.45, 2.75) is 13.8 Å². The molecule has 0 spiro atoms. The highest BCUT2D eigenvalue weighted by Crippen LogP contribution is 2.13. The minimum atomic E-state index is -0.406. The van der Waals surface area contributed by atoms with E-state index in [1.165, 1.54) is 7.11 Å². The van der Waals surface area contributed by atoms with Crippen LogP contribution in [0, 0.1) is 0 Å². The summed E-state index contributed by atoms with van der Waals surface area (Å²) in [6.07, 6.45) is 0. The molecular formula is C16H21NO4. The summed E-state index contributed by atoms with van der Waals surface area (Å²) >= 11 is 0. The number of carbonyl (C=O) groups is 2. The quantitative estimate of drug-likeness (QED) is 0.571. The van der Waals surface area contributed by atoms with Gasteiger partial charge in [-0.25, -0.2) is 4.79 Å². The smallest absolute Gasteiger partial charge is 0.337 e. The number of benzene rings is 1. The third-order valence-corrected chi connectivity index (χ3v) is 2.83. The van der Waals surface area contributed by atoms with Crippen LogP contribution in [-0.2, 0) is 9.53 Å². The Morgan fingerprint density at radius 2 is 1.86 bits per heavy atom. The zero-order chi connectivity index (χ0) is 15.8. The number of ether oxygens (including phenoxy) is 2. The Kier molecular flexibility index (Phi) is 6.46. The van der Waals surface area contributed by atoms with E-state index in [1.54, 1.807) is 29.2 Å². The molecular weight excluding hydrogens is 270 g/mol. The van der Waals surface area contributed by atoms with Crippen molar-refractivity contribution in [2.75, 3.05) is 26.8 Å². The van der Waals surface area contributed by atoms with Gasteiger partial charge < -0.3 is 14.4 Å². The maximum absolute atomic E-state index is 12.0. The van der Waals surface area contributed by atoms with E-state index >= 15 is 0 Å². The molecule has 0 N–H and O–H groups in total. The first-order chi connectivity index (χ1) is 9.97. The summed E-state index contributed by atoms with van der Waals surface area (Å²) in [7, 11) is 1.33. The Hall–Kier alpha value is -2.30. The molecule has 0 saturated carbocycles. The summed E-state index contributed by atoms with van der Waals surface area (Å²) in [5.41, 5.74) is 1.36. The maximum atomic E-state index is 12.0. The second kappa shape index (κ2) is 8.09. The highest BCUT2D eigenvalue weighted by Gasteiger charge is 2.12. The van der Waals surface area contributed by atoms with Gasteiger partial charge in [0.1, 0.15) is 5.75 Å². The molecule has 0 aliphatic heterocycles. The fraction of sp³-hybridized carbons (Fsp3) is 0.375. The third kappa shape index (κ3) is 5.30. The molecule has 5 nitrogen and oxygen atoms in total. The van der Waals surface area contributed by atoms with Crippen LogP contribution in [0.4, 0.5) is 0 Å². The second-order valence-corrected chi connectivity index (χ2v) is 4.67. The molecule has 0 unspecified atom stereocenters. The van der Waals surface area contributed by atoms with Gasteiger partial charge in [0.05, 0.1) is 12.7 Å². The SMILES string of the molecule is C=C(C)CN(CC)C(=O)COc1ccc(C(=O)OC)cc1. The number of hydrogen-bond donors (Lipinski definition) is 0. The molecule has 0 atom stereocenters. The lowest BCUT2D eigenvalue weighted by Gasteiger charge is -2.21. The standard InChI is InChI=1S/C16H21NO4/c1-5-17(10-12(2)3)15(18)11-21-14-8-6-13(7-9-14)16(19)20-4/h6-9H,2,5,10-11H2,1,3-4H3. The molecule has 5 heteroatoms. The topological polar surface area (TPSA) is 55.8 Å². The predicted molar refractivity (Wildman–Crippen MR) is 80.3 cm³/mol. The van der Waals surface area contributed by atoms with E-state index in [0.29, 0.717) is 24.4 Å². The van der Waals surface area contributed by atoms with Gasteiger partial charge in [0.2, 0.25) is 0 Å². The lowest BCUT2D eigenvalue weighted by molar-refractivity contribution is -0.132. The van der Waals surface area contributed by atoms with E-state index < -0.39 is 5.97 Å². The van der Waals surface area contributed by atoms with Crippen molar-refractivity contribution in [2.24, 2.45) is 0 Å². The number of hydrogen-bond acceptors (Lipinski definition) is 4. The van der Waals surface area contributed by atoms with E-state index in [1.807, 2.05) is 13.8 Å². The van der Waals surface area contributed by atoms with E-state index in [4.69, 9.17) is 4.74 Å². The van der Waals surface area contributed by atoms with Crippen molar-refractivity contribution in [3.05, 3.63) is 42.0 Å². The highest BCUT2D eigenvalue weighted by molar-refractivity contribution is 5.89. The first-order valence-corrected chi connectivity index (χ1v) is 6.71. The van der Waals surface area contributed by atoms with Crippen molar-refractivity contribution < 1.29 is 19.1 Å². The normalized spacial score (nSPS) is 9.86. The molecule has 0 fully saturated rings. The molecule has 0 aromatic heterocycles. The number of nitrogens with zero attached hydrogens (tertiary/aromatic N) is 1. The monoisotopic (exact) mass is 291 g/mol. The Morgan fingerprint density at radius 3 is 2.33 bits per heavy atom. The summed E-state index contributed by atoms with van der Waals surface area (Å²) in [5, 5.41) is 0. The number of rotatable bonds is 7. The zero-order valence-corrected chi connectivity index (χ0v) is 12.7. The van der Waals surface area contributed by atoms with Crippen molar-refractivity contribution in [3.63, 3.8) is 0 Å². The van der Waals surface area contributed by atoms with Gasteiger partial charge in [-0.3, -0.25) is 4.79 Å². The van der Waals surface area contributed by atoms with E-state index in [0.717, 1.165) is 5.57 Å². The fourth-order valence-corrected chi connectivity index (χ4v) is 1.74. The minimum Gasteiger partial charge on any atom is -0.484 e. The van der Waals surface area contributed by atoms with Crippen molar-refractivity contribution in [3.8, 4) is 5.75 Å². The van der Waals surface area contributed by atoms with Gasteiger partial charge in [-0.1, -0.05) is 12.2 Å². The van der Waals surface area contributed by atoms with Crippen LogP contribution in [0.3, 0.4) is 0 Å². The van der Waals surface area contributed by atoms with Gasteiger partial charge in [-0.15, -0.1) is 0 Å². The van der Waals surface area contributed by atoms with Crippen molar-refractivity contribution in [1.82, 2.24) is 4.90 Å². The molecule has 0 bridgehead atoms. The summed E-state index contributed by atoms with van der Waals surface area (Å²) in [6.45, 7) is 8.68. The summed E-state index contributed by atoms with van der Waals surface area (Å²) < 4.78 is 10.0. The Morgan fingerprint density at radius 1 is 1.24 bits per heavy atom. The molecule has 1 amide bonds. The number of carbonyl (C=O) groups excluding carboxylic acids is 2. The Labute approximate surface area is 125 Å². The van der Waals surface area contributed by atoms with E-state index in [-0.39, 0.29) is 12.5 Å². The zero-order valence-electron chi connectivity index (χ0n) is 12.7. The molecule has 0 heterocycles. The van der Waals surface area contributed by atoms with Crippen LogP contribution in [0.2, 0.25) is 0 Å². The molecule has 0 saturated heterocycles. The number of amides is 1. The minimum absolute atomic E-state index is 0.0430. The lowest BCUT2D eigenvalue weighted by Crippen LogP contribution is -2.35. The van der Waals surface area contributed by atoms with Gasteiger partial charge in [0, 0.05) is 13.1 Å². The molecule has 21 heavy (non-hydrogen) atoms. The molecule has 0 radical (unpaired) electrons. The summed E-state index contributed by atoms with van der Waals surface area (Å²) in [5.74, 6) is 0.0242. The van der Waals surface area contributed by atoms with Gasteiger partial charge in [-0.05, 0) is 38.1 Å². The maximum Gasteiger partial charge on any atom is 0.337 e. The van der Waals surface area contributed by atoms with Crippen molar-refractivity contribution in [1.29, 1.82) is 0 Å². The van der Waals surface area contributed by atoms with Gasteiger partial charge in [0.25, 0.3) is 5.91 Å². The first kappa shape index (κ1) is 16.8. The van der Waals surface area contributed by atoms with Gasteiger partial charge in [-0.2, -0.15) is 0 Å². The van der Waals surface area contributed by atoms with Gasteiger partial charge >= 0.3 is 5.97 Å². The number of esters is 1. The van der Waals surface area contributed by atoms with E-state index in [9.17, 15) is 9.59 Å². The molecule has 0 aliphatic rings. The highest BCUT2D eigenvalue weighted by atomic mass is 16.5. The van der Waals surface area contributed by atoms with Crippen molar-refractivity contribution >= 4 is 11.9 Å². The first-order valence-electron chi connectivity index (χ1n) is 6.71. The van der Waals surface area contributed by atoms with Gasteiger partial charge in [0.15, 0.2) is 6.61 Å². The molecule has 1 aromatic carbocycles. The molecule has 1 aromatic rings. The number of likely N-dealkylation sites (N-methyl/N-ethyl adjacent to an activating group) is 1. The largest absolute Gasteiger partial charge is 0.484 e. The average molecular weight is 291 g/mol. The summed E-state index contributed by atoms with van der Waals surface area (Å²) in [4.78, 5) is 25.0. The van der Waals surface area contributed by atoms with E-state index in [2.05, 4.69) is 11.3 Å². The Bertz CT molecular complexity index is 508. The lowest BCUT2D eigenvalue weighted by atomic mass is 10.2. The fourth-order valence-electron chi connectivity index (χ4n) is 1.74. The van der Waals surface area contributed by atoms with Crippen LogP contribution in [0.5, 0.6) is 5.75 Å². The Balaban J connectivity index is 2.56. The van der Waals surface area contributed by atoms with Crippen LogP contribution in [-0.4, -0.2) is 43.6 Å². The summed E-state index contributed by atoms with van der Waals surface area (Å²) in [6, 6.07) is 6.46. The molecule has 0 aliphatic carbocycles. The predicted octanol–water partition coefficient (Wildman–Crippen LogP) is 2.28. The second-order valence-electron chi connectivity index (χ2n) is 4.67. The molecule has 1 rings (SSSR count). The molecule has 114 valence electrons. The van der Waals surface area contributed by atoms with Crippen LogP contribution >= 0.6 is 0 Å². The average Bonchev–Trinajstić information content (AvgIpc) is 2.49. The van der Waals surface area contributed by atoms with Crippen LogP contribution in [0.1, 0.15) is 24.2 Å². The van der Waals surface area contributed by atoms with Crippen LogP contribution in [0.25, 0.3) is 0 Å².